The Kier molecular flexibility index (Phi) is 3.45. The van der Waals surface area contributed by atoms with E-state index in [-0.39, 0.29) is 5.91 Å². The van der Waals surface area contributed by atoms with Crippen LogP contribution in [-0.2, 0) is 0 Å². The first-order valence-corrected chi connectivity index (χ1v) is 7.07. The first kappa shape index (κ1) is 13.1. The van der Waals surface area contributed by atoms with Gasteiger partial charge < -0.3 is 4.90 Å². The molecule has 0 fully saturated rings. The number of carbonyl (C=O) groups excluding carboxylic acids is 1. The Morgan fingerprint density at radius 3 is 2.85 bits per heavy atom. The van der Waals surface area contributed by atoms with Gasteiger partial charge in [-0.25, -0.2) is 4.98 Å². The van der Waals surface area contributed by atoms with Crippen LogP contribution < -0.4 is 4.90 Å². The summed E-state index contributed by atoms with van der Waals surface area (Å²) in [6, 6.07) is 11.5. The third kappa shape index (κ3) is 2.29. The summed E-state index contributed by atoms with van der Waals surface area (Å²) in [5.41, 5.74) is 2.80. The van der Waals surface area contributed by atoms with Gasteiger partial charge in [0.1, 0.15) is 5.15 Å². The van der Waals surface area contributed by atoms with Gasteiger partial charge in [-0.15, -0.1) is 0 Å². The molecule has 0 unspecified atom stereocenters. The third-order valence-electron chi connectivity index (χ3n) is 3.76. The Labute approximate surface area is 123 Å². The zero-order valence-corrected chi connectivity index (χ0v) is 12.0. The molecule has 0 saturated heterocycles. The lowest BCUT2D eigenvalue weighted by molar-refractivity contribution is 0.0984. The van der Waals surface area contributed by atoms with Crippen molar-refractivity contribution < 1.29 is 4.79 Å². The minimum absolute atomic E-state index is 0.0199. The molecule has 1 aliphatic heterocycles. The quantitative estimate of drug-likeness (QED) is 0.745. The number of amides is 1. The molecule has 3 nitrogen and oxygen atoms in total. The smallest absolute Gasteiger partial charge is 0.259 e. The van der Waals surface area contributed by atoms with Crippen LogP contribution in [0.4, 0.5) is 5.69 Å². The molecule has 0 N–H and O–H groups in total. The number of rotatable bonds is 1. The maximum absolute atomic E-state index is 12.6. The second kappa shape index (κ2) is 5.25. The van der Waals surface area contributed by atoms with Crippen LogP contribution >= 0.6 is 11.6 Å². The van der Waals surface area contributed by atoms with E-state index in [0.717, 1.165) is 18.7 Å². The molecule has 1 atom stereocenters. The molecule has 1 aliphatic rings. The molecule has 2 aromatic rings. The third-order valence-corrected chi connectivity index (χ3v) is 3.99. The fourth-order valence-electron chi connectivity index (χ4n) is 2.62. The maximum Gasteiger partial charge on any atom is 0.259 e. The molecule has 0 bridgehead atoms. The molecule has 20 heavy (non-hydrogen) atoms. The Morgan fingerprint density at radius 1 is 1.30 bits per heavy atom. The lowest BCUT2D eigenvalue weighted by Crippen LogP contribution is -2.36. The molecule has 2 heterocycles. The number of benzene rings is 1. The lowest BCUT2D eigenvalue weighted by atomic mass is 9.91. The summed E-state index contributed by atoms with van der Waals surface area (Å²) in [5.74, 6) is 0.465. The van der Waals surface area contributed by atoms with Crippen molar-refractivity contribution in [1.82, 2.24) is 4.98 Å². The van der Waals surface area contributed by atoms with Crippen molar-refractivity contribution in [3.05, 3.63) is 58.9 Å². The number of hydrogen-bond donors (Lipinski definition) is 0. The van der Waals surface area contributed by atoms with E-state index >= 15 is 0 Å². The van der Waals surface area contributed by atoms with Gasteiger partial charge in [-0.05, 0) is 36.1 Å². The minimum Gasteiger partial charge on any atom is -0.308 e. The van der Waals surface area contributed by atoms with E-state index in [0.29, 0.717) is 16.6 Å². The summed E-state index contributed by atoms with van der Waals surface area (Å²) in [6.45, 7) is 2.93. The second-order valence-corrected chi connectivity index (χ2v) is 5.46. The molecule has 4 heteroatoms. The van der Waals surface area contributed by atoms with Gasteiger partial charge in [0.15, 0.2) is 0 Å². The van der Waals surface area contributed by atoms with Crippen molar-refractivity contribution in [3.8, 4) is 0 Å². The molecule has 0 radical (unpaired) electrons. The van der Waals surface area contributed by atoms with Crippen molar-refractivity contribution in [2.24, 2.45) is 0 Å². The van der Waals surface area contributed by atoms with Crippen LogP contribution in [0.1, 0.15) is 35.2 Å². The van der Waals surface area contributed by atoms with Gasteiger partial charge in [0, 0.05) is 18.4 Å². The average molecular weight is 287 g/mol. The van der Waals surface area contributed by atoms with Gasteiger partial charge in [0.2, 0.25) is 0 Å². The number of pyridine rings is 1. The first-order valence-electron chi connectivity index (χ1n) is 6.69. The number of halogens is 1. The van der Waals surface area contributed by atoms with Gasteiger partial charge in [0.25, 0.3) is 5.91 Å². The molecule has 1 aromatic heterocycles. The zero-order valence-electron chi connectivity index (χ0n) is 11.2. The molecular formula is C16H15ClN2O. The summed E-state index contributed by atoms with van der Waals surface area (Å²) >= 11 is 5.77. The van der Waals surface area contributed by atoms with Gasteiger partial charge in [-0.3, -0.25) is 4.79 Å². The van der Waals surface area contributed by atoms with E-state index in [9.17, 15) is 4.79 Å². The van der Waals surface area contributed by atoms with Crippen molar-refractivity contribution >= 4 is 23.2 Å². The molecular weight excluding hydrogens is 272 g/mol. The SMILES string of the molecule is C[C@@H]1CCN(C(=O)c2ccc(Cl)nc2)c2ccccc21. The molecule has 3 rings (SSSR count). The number of fused-ring (bicyclic) bond motifs is 1. The van der Waals surface area contributed by atoms with Gasteiger partial charge in [-0.1, -0.05) is 36.7 Å². The monoisotopic (exact) mass is 286 g/mol. The molecule has 0 aliphatic carbocycles. The van der Waals surface area contributed by atoms with Crippen molar-refractivity contribution in [1.29, 1.82) is 0 Å². The number of aromatic nitrogens is 1. The second-order valence-electron chi connectivity index (χ2n) is 5.07. The predicted octanol–water partition coefficient (Wildman–Crippen LogP) is 3.89. The van der Waals surface area contributed by atoms with Crippen LogP contribution in [-0.4, -0.2) is 17.4 Å². The van der Waals surface area contributed by atoms with E-state index in [1.165, 1.54) is 11.8 Å². The van der Waals surface area contributed by atoms with E-state index in [1.807, 2.05) is 23.1 Å². The van der Waals surface area contributed by atoms with Crippen molar-refractivity contribution in [2.45, 2.75) is 19.3 Å². The summed E-state index contributed by atoms with van der Waals surface area (Å²) in [7, 11) is 0. The summed E-state index contributed by atoms with van der Waals surface area (Å²) in [5, 5.41) is 0.397. The van der Waals surface area contributed by atoms with E-state index in [1.54, 1.807) is 12.1 Å². The highest BCUT2D eigenvalue weighted by molar-refractivity contribution is 6.29. The Morgan fingerprint density at radius 2 is 2.10 bits per heavy atom. The standard InChI is InChI=1S/C16H15ClN2O/c1-11-8-9-19(14-5-3-2-4-13(11)14)16(20)12-6-7-15(17)18-10-12/h2-7,10-11H,8-9H2,1H3/t11-/m1/s1. The molecule has 1 aromatic carbocycles. The highest BCUT2D eigenvalue weighted by Gasteiger charge is 2.26. The highest BCUT2D eigenvalue weighted by atomic mass is 35.5. The van der Waals surface area contributed by atoms with Crippen LogP contribution in [0.3, 0.4) is 0 Å². The largest absolute Gasteiger partial charge is 0.308 e. The van der Waals surface area contributed by atoms with E-state index in [4.69, 9.17) is 11.6 Å². The zero-order chi connectivity index (χ0) is 14.1. The first-order chi connectivity index (χ1) is 9.66. The van der Waals surface area contributed by atoms with Crippen molar-refractivity contribution in [3.63, 3.8) is 0 Å². The fourth-order valence-corrected chi connectivity index (χ4v) is 2.73. The number of nitrogens with zero attached hydrogens (tertiary/aromatic N) is 2. The van der Waals surface area contributed by atoms with Gasteiger partial charge in [-0.2, -0.15) is 0 Å². The van der Waals surface area contributed by atoms with Crippen LogP contribution in [0.5, 0.6) is 0 Å². The van der Waals surface area contributed by atoms with E-state index < -0.39 is 0 Å². The Hall–Kier alpha value is -1.87. The number of hydrogen-bond acceptors (Lipinski definition) is 2. The van der Waals surface area contributed by atoms with Gasteiger partial charge >= 0.3 is 0 Å². The average Bonchev–Trinajstić information content (AvgIpc) is 2.48. The molecule has 0 saturated carbocycles. The Bertz CT molecular complexity index is 639. The molecule has 0 spiro atoms. The number of carbonyl (C=O) groups is 1. The highest BCUT2D eigenvalue weighted by Crippen LogP contribution is 2.35. The van der Waals surface area contributed by atoms with Crippen molar-refractivity contribution in [2.75, 3.05) is 11.4 Å². The van der Waals surface area contributed by atoms with Crippen LogP contribution in [0, 0.1) is 0 Å². The lowest BCUT2D eigenvalue weighted by Gasteiger charge is -2.32. The topological polar surface area (TPSA) is 33.2 Å². The molecule has 102 valence electrons. The number of anilines is 1. The summed E-state index contributed by atoms with van der Waals surface area (Å²) in [4.78, 5) is 18.4. The fraction of sp³-hybridized carbons (Fsp3) is 0.250. The van der Waals surface area contributed by atoms with Gasteiger partial charge in [0.05, 0.1) is 5.56 Å². The maximum atomic E-state index is 12.6. The normalized spacial score (nSPS) is 17.7. The number of para-hydroxylation sites is 1. The minimum atomic E-state index is -0.0199. The Balaban J connectivity index is 1.97. The van der Waals surface area contributed by atoms with Crippen LogP contribution in [0.2, 0.25) is 5.15 Å². The van der Waals surface area contributed by atoms with Crippen LogP contribution in [0.25, 0.3) is 0 Å². The molecule has 1 amide bonds. The van der Waals surface area contributed by atoms with Crippen LogP contribution in [0.15, 0.2) is 42.6 Å². The predicted molar refractivity (Wildman–Crippen MR) is 80.4 cm³/mol. The van der Waals surface area contributed by atoms with E-state index in [2.05, 4.69) is 18.0 Å². The summed E-state index contributed by atoms with van der Waals surface area (Å²) in [6.07, 6.45) is 2.51. The summed E-state index contributed by atoms with van der Waals surface area (Å²) < 4.78 is 0.